The molecule has 0 aromatic carbocycles. The van der Waals surface area contributed by atoms with Crippen molar-refractivity contribution in [1.29, 1.82) is 0 Å². The van der Waals surface area contributed by atoms with Gasteiger partial charge in [-0.05, 0) is 18.3 Å². The third-order valence-corrected chi connectivity index (χ3v) is 3.00. The molecule has 0 saturated carbocycles. The lowest BCUT2D eigenvalue weighted by Crippen LogP contribution is -2.26. The first-order valence-electron chi connectivity index (χ1n) is 6.98. The molecule has 0 radical (unpaired) electrons. The molecule has 1 rings (SSSR count). The molecule has 5 nitrogen and oxygen atoms in total. The second-order valence-electron chi connectivity index (χ2n) is 6.38. The van der Waals surface area contributed by atoms with Crippen LogP contribution >= 0.6 is 0 Å². The molecule has 1 aromatic rings. The number of hydrogen-bond donors (Lipinski definition) is 3. The number of hydrogen-bond acceptors (Lipinski definition) is 4. The maximum absolute atomic E-state index is 10.0. The Labute approximate surface area is 116 Å². The van der Waals surface area contributed by atoms with E-state index in [0.717, 1.165) is 30.8 Å². The van der Waals surface area contributed by atoms with E-state index in [1.54, 1.807) is 4.68 Å². The lowest BCUT2D eigenvalue weighted by atomic mass is 9.89. The van der Waals surface area contributed by atoms with Crippen molar-refractivity contribution in [2.24, 2.45) is 12.5 Å². The van der Waals surface area contributed by atoms with Crippen LogP contribution in [-0.4, -0.2) is 27.5 Å². The molecule has 1 aromatic heterocycles. The predicted molar refractivity (Wildman–Crippen MR) is 80.2 cm³/mol. The van der Waals surface area contributed by atoms with Gasteiger partial charge in [0.05, 0.1) is 17.5 Å². The summed E-state index contributed by atoms with van der Waals surface area (Å²) < 4.78 is 1.75. The first-order valence-corrected chi connectivity index (χ1v) is 6.98. The van der Waals surface area contributed by atoms with Crippen LogP contribution in [0.4, 0.5) is 11.5 Å². The van der Waals surface area contributed by atoms with Crippen molar-refractivity contribution >= 4 is 11.5 Å². The molecule has 0 fully saturated rings. The molecule has 0 amide bonds. The number of aliphatic hydroxyl groups excluding tert-OH is 1. The second-order valence-corrected chi connectivity index (χ2v) is 6.38. The molecule has 1 unspecified atom stereocenters. The summed E-state index contributed by atoms with van der Waals surface area (Å²) in [4.78, 5) is 0. The first kappa shape index (κ1) is 15.8. The first-order chi connectivity index (χ1) is 8.74. The van der Waals surface area contributed by atoms with Crippen LogP contribution < -0.4 is 11.1 Å². The van der Waals surface area contributed by atoms with Gasteiger partial charge in [0.15, 0.2) is 0 Å². The van der Waals surface area contributed by atoms with Crippen LogP contribution in [-0.2, 0) is 13.5 Å². The summed E-state index contributed by atoms with van der Waals surface area (Å²) in [6.45, 7) is 8.96. The molecular weight excluding hydrogens is 240 g/mol. The summed E-state index contributed by atoms with van der Waals surface area (Å²) >= 11 is 0. The number of nitrogens with zero attached hydrogens (tertiary/aromatic N) is 2. The molecular formula is C14H28N4O. The Balaban J connectivity index is 2.63. The lowest BCUT2D eigenvalue weighted by molar-refractivity contribution is 0.132. The summed E-state index contributed by atoms with van der Waals surface area (Å²) in [5.41, 5.74) is 7.82. The molecule has 0 aliphatic heterocycles. The van der Waals surface area contributed by atoms with Gasteiger partial charge in [0.1, 0.15) is 5.82 Å². The highest BCUT2D eigenvalue weighted by Crippen LogP contribution is 2.24. The highest BCUT2D eigenvalue weighted by Gasteiger charge is 2.18. The molecule has 19 heavy (non-hydrogen) atoms. The molecule has 1 heterocycles. The van der Waals surface area contributed by atoms with Gasteiger partial charge in [-0.15, -0.1) is 0 Å². The molecule has 0 aliphatic rings. The van der Waals surface area contributed by atoms with Gasteiger partial charge >= 0.3 is 0 Å². The standard InChI is InChI=1S/C14H28N4O/c1-6-7-11-12(15)13(18(5)17-11)16-9-10(19)8-14(2,3)4/h10,16,19H,6-9,15H2,1-5H3. The summed E-state index contributed by atoms with van der Waals surface area (Å²) in [5.74, 6) is 0.802. The van der Waals surface area contributed by atoms with Crippen molar-refractivity contribution < 1.29 is 5.11 Å². The van der Waals surface area contributed by atoms with Gasteiger partial charge in [-0.2, -0.15) is 5.10 Å². The van der Waals surface area contributed by atoms with Crippen molar-refractivity contribution in [3.05, 3.63) is 5.69 Å². The van der Waals surface area contributed by atoms with E-state index in [1.807, 2.05) is 7.05 Å². The topological polar surface area (TPSA) is 76.1 Å². The van der Waals surface area contributed by atoms with Crippen molar-refractivity contribution in [1.82, 2.24) is 9.78 Å². The number of rotatable bonds is 6. The number of nitrogens with one attached hydrogen (secondary N) is 1. The van der Waals surface area contributed by atoms with E-state index in [-0.39, 0.29) is 11.5 Å². The third kappa shape index (κ3) is 4.74. The minimum atomic E-state index is -0.385. The van der Waals surface area contributed by atoms with Gasteiger partial charge in [-0.25, -0.2) is 0 Å². The Kier molecular flexibility index (Phi) is 5.23. The van der Waals surface area contributed by atoms with Gasteiger partial charge in [-0.3, -0.25) is 4.68 Å². The van der Waals surface area contributed by atoms with Crippen LogP contribution in [0.1, 0.15) is 46.2 Å². The number of anilines is 2. The molecule has 5 heteroatoms. The molecule has 4 N–H and O–H groups in total. The lowest BCUT2D eigenvalue weighted by Gasteiger charge is -2.22. The predicted octanol–water partition coefficient (Wildman–Crippen LogP) is 2.16. The molecule has 0 spiro atoms. The zero-order chi connectivity index (χ0) is 14.6. The summed E-state index contributed by atoms with van der Waals surface area (Å²) in [7, 11) is 1.87. The van der Waals surface area contributed by atoms with Crippen molar-refractivity contribution in [2.45, 2.75) is 53.1 Å². The largest absolute Gasteiger partial charge is 0.394 e. The van der Waals surface area contributed by atoms with Gasteiger partial charge in [0.25, 0.3) is 0 Å². The molecule has 0 aliphatic carbocycles. The Bertz CT molecular complexity index is 406. The van der Waals surface area contributed by atoms with Gasteiger partial charge in [0, 0.05) is 13.6 Å². The van der Waals surface area contributed by atoms with E-state index in [0.29, 0.717) is 12.2 Å². The van der Waals surface area contributed by atoms with Gasteiger partial charge in [0.2, 0.25) is 0 Å². The zero-order valence-corrected chi connectivity index (χ0v) is 12.8. The minimum Gasteiger partial charge on any atom is -0.394 e. The van der Waals surface area contributed by atoms with Crippen LogP contribution in [0.2, 0.25) is 0 Å². The SMILES string of the molecule is CCCc1nn(C)c(NCC(O)CC(C)(C)C)c1N. The van der Waals surface area contributed by atoms with E-state index in [1.165, 1.54) is 0 Å². The number of nitrogen functional groups attached to an aromatic ring is 1. The summed E-state index contributed by atoms with van der Waals surface area (Å²) in [5, 5.41) is 17.6. The fourth-order valence-corrected chi connectivity index (χ4v) is 2.22. The number of nitrogens with two attached hydrogens (primary N) is 1. The molecule has 0 bridgehead atoms. The zero-order valence-electron chi connectivity index (χ0n) is 12.8. The highest BCUT2D eigenvalue weighted by atomic mass is 16.3. The van der Waals surface area contributed by atoms with E-state index >= 15 is 0 Å². The monoisotopic (exact) mass is 268 g/mol. The average Bonchev–Trinajstić information content (AvgIpc) is 2.50. The fraction of sp³-hybridized carbons (Fsp3) is 0.786. The van der Waals surface area contributed by atoms with Crippen LogP contribution in [0, 0.1) is 5.41 Å². The van der Waals surface area contributed by atoms with Gasteiger partial charge < -0.3 is 16.2 Å². The quantitative estimate of drug-likeness (QED) is 0.739. The molecule has 1 atom stereocenters. The second kappa shape index (κ2) is 6.28. The molecule has 0 saturated heterocycles. The summed E-state index contributed by atoms with van der Waals surface area (Å²) in [6.07, 6.45) is 2.27. The summed E-state index contributed by atoms with van der Waals surface area (Å²) in [6, 6.07) is 0. The van der Waals surface area contributed by atoms with E-state index < -0.39 is 0 Å². The van der Waals surface area contributed by atoms with Crippen molar-refractivity contribution in [3.63, 3.8) is 0 Å². The number of aliphatic hydroxyl groups is 1. The molecule has 110 valence electrons. The van der Waals surface area contributed by atoms with Crippen LogP contribution in [0.3, 0.4) is 0 Å². The maximum Gasteiger partial charge on any atom is 0.147 e. The Morgan fingerprint density at radius 3 is 2.58 bits per heavy atom. The van der Waals surface area contributed by atoms with Crippen LogP contribution in [0.25, 0.3) is 0 Å². The number of aromatic nitrogens is 2. The smallest absolute Gasteiger partial charge is 0.147 e. The fourth-order valence-electron chi connectivity index (χ4n) is 2.22. The van der Waals surface area contributed by atoms with E-state index in [4.69, 9.17) is 5.73 Å². The van der Waals surface area contributed by atoms with Crippen LogP contribution in [0.15, 0.2) is 0 Å². The van der Waals surface area contributed by atoms with Gasteiger partial charge in [-0.1, -0.05) is 34.1 Å². The van der Waals surface area contributed by atoms with Crippen molar-refractivity contribution in [2.75, 3.05) is 17.6 Å². The highest BCUT2D eigenvalue weighted by molar-refractivity contribution is 5.65. The van der Waals surface area contributed by atoms with E-state index in [2.05, 4.69) is 38.1 Å². The minimum absolute atomic E-state index is 0.118. The Morgan fingerprint density at radius 1 is 1.42 bits per heavy atom. The normalized spacial score (nSPS) is 13.6. The van der Waals surface area contributed by atoms with E-state index in [9.17, 15) is 5.11 Å². The maximum atomic E-state index is 10.0. The van der Waals surface area contributed by atoms with Crippen molar-refractivity contribution in [3.8, 4) is 0 Å². The number of aryl methyl sites for hydroxylation is 2. The van der Waals surface area contributed by atoms with Crippen LogP contribution in [0.5, 0.6) is 0 Å². The third-order valence-electron chi connectivity index (χ3n) is 3.00. The Morgan fingerprint density at radius 2 is 2.05 bits per heavy atom. The average molecular weight is 268 g/mol. The Hall–Kier alpha value is -1.23.